The minimum Gasteiger partial charge on any atom is -0.386 e. The number of amidine groups is 1. The summed E-state index contributed by atoms with van der Waals surface area (Å²) in [6.07, 6.45) is 5.74. The molecule has 0 radical (unpaired) electrons. The van der Waals surface area contributed by atoms with E-state index in [2.05, 4.69) is 10.6 Å². The van der Waals surface area contributed by atoms with Crippen LogP contribution in [0.25, 0.3) is 0 Å². The molecular weight excluding hydrogens is 252 g/mol. The van der Waals surface area contributed by atoms with Gasteiger partial charge in [0, 0.05) is 5.69 Å². The molecule has 2 amide bonds. The number of anilines is 1. The average molecular weight is 274 g/mol. The first kappa shape index (κ1) is 14.4. The smallest absolute Gasteiger partial charge is 0.320 e. The molecule has 5 nitrogen and oxygen atoms in total. The van der Waals surface area contributed by atoms with Crippen LogP contribution in [0.3, 0.4) is 0 Å². The zero-order chi connectivity index (χ0) is 14.4. The normalized spacial score (nSPS) is 17.8. The second kappa shape index (κ2) is 6.41. The summed E-state index contributed by atoms with van der Waals surface area (Å²) in [7, 11) is 0. The fourth-order valence-electron chi connectivity index (χ4n) is 2.69. The Morgan fingerprint density at radius 3 is 2.25 bits per heavy atom. The summed E-state index contributed by atoms with van der Waals surface area (Å²) in [5.74, 6) is 0.0580. The molecule has 1 aliphatic carbocycles. The van der Waals surface area contributed by atoms with Crippen molar-refractivity contribution < 1.29 is 4.79 Å². The Morgan fingerprint density at radius 2 is 1.70 bits per heavy atom. The van der Waals surface area contributed by atoms with Gasteiger partial charge in [-0.25, -0.2) is 4.79 Å². The molecule has 1 aromatic rings. The number of nitrogens with two attached hydrogens (primary N) is 1. The van der Waals surface area contributed by atoms with E-state index in [1.165, 1.54) is 0 Å². The molecule has 20 heavy (non-hydrogen) atoms. The molecule has 1 aliphatic rings. The lowest BCUT2D eigenvalue weighted by Gasteiger charge is -2.32. The minimum absolute atomic E-state index is 0.0580. The monoisotopic (exact) mass is 274 g/mol. The molecule has 0 atom stereocenters. The summed E-state index contributed by atoms with van der Waals surface area (Å²) in [5, 5.41) is 13.6. The van der Waals surface area contributed by atoms with E-state index in [1.807, 2.05) is 30.3 Å². The molecule has 0 bridgehead atoms. The third-order valence-corrected chi connectivity index (χ3v) is 3.86. The number of urea groups is 1. The standard InChI is InChI=1S/C15H22N4O/c16-13(17)15(10-6-1-2-7-11-15)19-14(20)18-12-8-4-3-5-9-12/h3-5,8-9H,1-2,6-7,10-11H2,(H3,16,17)(H2,18,19,20). The predicted molar refractivity (Wildman–Crippen MR) is 80.9 cm³/mol. The highest BCUT2D eigenvalue weighted by molar-refractivity contribution is 5.96. The second-order valence-electron chi connectivity index (χ2n) is 5.36. The van der Waals surface area contributed by atoms with Gasteiger partial charge in [-0.15, -0.1) is 0 Å². The number of rotatable bonds is 3. The van der Waals surface area contributed by atoms with Gasteiger partial charge in [-0.2, -0.15) is 0 Å². The van der Waals surface area contributed by atoms with Crippen LogP contribution in [0.2, 0.25) is 0 Å². The Hall–Kier alpha value is -2.04. The molecule has 1 saturated carbocycles. The van der Waals surface area contributed by atoms with Crippen LogP contribution < -0.4 is 16.4 Å². The summed E-state index contributed by atoms with van der Waals surface area (Å²) in [6, 6.07) is 8.98. The van der Waals surface area contributed by atoms with E-state index in [0.29, 0.717) is 0 Å². The molecule has 108 valence electrons. The lowest BCUT2D eigenvalue weighted by Crippen LogP contribution is -2.57. The number of amides is 2. The molecule has 0 aliphatic heterocycles. The maximum Gasteiger partial charge on any atom is 0.320 e. The van der Waals surface area contributed by atoms with Gasteiger partial charge in [0.05, 0.1) is 5.54 Å². The van der Waals surface area contributed by atoms with Gasteiger partial charge in [0.2, 0.25) is 0 Å². The van der Waals surface area contributed by atoms with Crippen molar-refractivity contribution in [3.05, 3.63) is 30.3 Å². The number of carbonyl (C=O) groups excluding carboxylic acids is 1. The van der Waals surface area contributed by atoms with Crippen molar-refractivity contribution in [2.45, 2.75) is 44.1 Å². The van der Waals surface area contributed by atoms with Crippen molar-refractivity contribution in [2.24, 2.45) is 5.73 Å². The maximum atomic E-state index is 12.1. The third-order valence-electron chi connectivity index (χ3n) is 3.86. The SMILES string of the molecule is N=C(N)C1(NC(=O)Nc2ccccc2)CCCCCC1. The van der Waals surface area contributed by atoms with Crippen molar-refractivity contribution in [1.29, 1.82) is 5.41 Å². The first-order valence-electron chi connectivity index (χ1n) is 7.11. The Kier molecular flexibility index (Phi) is 4.61. The van der Waals surface area contributed by atoms with Gasteiger partial charge in [0.1, 0.15) is 5.84 Å². The quantitative estimate of drug-likeness (QED) is 0.388. The summed E-state index contributed by atoms with van der Waals surface area (Å²) >= 11 is 0. The number of benzene rings is 1. The first-order valence-corrected chi connectivity index (χ1v) is 7.11. The molecule has 5 N–H and O–H groups in total. The van der Waals surface area contributed by atoms with Gasteiger partial charge >= 0.3 is 6.03 Å². The zero-order valence-corrected chi connectivity index (χ0v) is 11.6. The topological polar surface area (TPSA) is 91.0 Å². The number of para-hydroxylation sites is 1. The van der Waals surface area contributed by atoms with Crippen LogP contribution in [0.5, 0.6) is 0 Å². The highest BCUT2D eigenvalue weighted by Crippen LogP contribution is 2.27. The van der Waals surface area contributed by atoms with Crippen LogP contribution in [0.4, 0.5) is 10.5 Å². The molecule has 0 spiro atoms. The number of hydrogen-bond donors (Lipinski definition) is 4. The number of hydrogen-bond acceptors (Lipinski definition) is 2. The van der Waals surface area contributed by atoms with Crippen molar-refractivity contribution in [2.75, 3.05) is 5.32 Å². The van der Waals surface area contributed by atoms with E-state index in [4.69, 9.17) is 11.1 Å². The molecule has 0 aromatic heterocycles. The van der Waals surface area contributed by atoms with E-state index in [-0.39, 0.29) is 11.9 Å². The van der Waals surface area contributed by atoms with Crippen LogP contribution in [0.1, 0.15) is 38.5 Å². The fraction of sp³-hybridized carbons (Fsp3) is 0.467. The van der Waals surface area contributed by atoms with E-state index in [0.717, 1.165) is 44.2 Å². The summed E-state index contributed by atoms with van der Waals surface area (Å²) < 4.78 is 0. The Bertz CT molecular complexity index is 464. The van der Waals surface area contributed by atoms with E-state index in [9.17, 15) is 4.79 Å². The summed E-state index contributed by atoms with van der Waals surface area (Å²) in [5.41, 5.74) is 5.80. The van der Waals surface area contributed by atoms with Crippen LogP contribution in [0, 0.1) is 5.41 Å². The molecule has 0 heterocycles. The van der Waals surface area contributed by atoms with E-state index >= 15 is 0 Å². The Balaban J connectivity index is 2.04. The van der Waals surface area contributed by atoms with Gasteiger partial charge in [-0.1, -0.05) is 43.9 Å². The Morgan fingerprint density at radius 1 is 1.10 bits per heavy atom. The molecule has 1 fully saturated rings. The highest BCUT2D eigenvalue weighted by Gasteiger charge is 2.35. The Labute approximate surface area is 119 Å². The van der Waals surface area contributed by atoms with Crippen molar-refractivity contribution in [3.63, 3.8) is 0 Å². The molecule has 5 heteroatoms. The lowest BCUT2D eigenvalue weighted by atomic mass is 9.89. The van der Waals surface area contributed by atoms with Crippen LogP contribution in [0.15, 0.2) is 30.3 Å². The largest absolute Gasteiger partial charge is 0.386 e. The van der Waals surface area contributed by atoms with Gasteiger partial charge in [-0.3, -0.25) is 5.41 Å². The van der Waals surface area contributed by atoms with Gasteiger partial charge < -0.3 is 16.4 Å². The van der Waals surface area contributed by atoms with E-state index in [1.54, 1.807) is 0 Å². The molecular formula is C15H22N4O. The van der Waals surface area contributed by atoms with Crippen molar-refractivity contribution in [1.82, 2.24) is 5.32 Å². The second-order valence-corrected chi connectivity index (χ2v) is 5.36. The molecule has 0 saturated heterocycles. The number of nitrogens with one attached hydrogen (secondary N) is 3. The van der Waals surface area contributed by atoms with Crippen LogP contribution in [-0.4, -0.2) is 17.4 Å². The first-order chi connectivity index (χ1) is 9.62. The minimum atomic E-state index is -0.685. The van der Waals surface area contributed by atoms with E-state index < -0.39 is 5.54 Å². The molecule has 1 aromatic carbocycles. The maximum absolute atomic E-state index is 12.1. The van der Waals surface area contributed by atoms with Gasteiger partial charge in [-0.05, 0) is 25.0 Å². The average Bonchev–Trinajstić information content (AvgIpc) is 2.66. The fourth-order valence-corrected chi connectivity index (χ4v) is 2.69. The number of carbonyl (C=O) groups is 1. The van der Waals surface area contributed by atoms with Crippen LogP contribution in [-0.2, 0) is 0 Å². The van der Waals surface area contributed by atoms with Crippen molar-refractivity contribution >= 4 is 17.6 Å². The van der Waals surface area contributed by atoms with Crippen molar-refractivity contribution in [3.8, 4) is 0 Å². The van der Waals surface area contributed by atoms with Gasteiger partial charge in [0.15, 0.2) is 0 Å². The highest BCUT2D eigenvalue weighted by atomic mass is 16.2. The summed E-state index contributed by atoms with van der Waals surface area (Å²) in [6.45, 7) is 0. The molecule has 2 rings (SSSR count). The van der Waals surface area contributed by atoms with Gasteiger partial charge in [0.25, 0.3) is 0 Å². The third kappa shape index (κ3) is 3.50. The summed E-state index contributed by atoms with van der Waals surface area (Å²) in [4.78, 5) is 12.1. The lowest BCUT2D eigenvalue weighted by molar-refractivity contribution is 0.241. The predicted octanol–water partition coefficient (Wildman–Crippen LogP) is 2.84. The van der Waals surface area contributed by atoms with Crippen LogP contribution >= 0.6 is 0 Å². The zero-order valence-electron chi connectivity index (χ0n) is 11.6. The molecule has 0 unspecified atom stereocenters.